The highest BCUT2D eigenvalue weighted by Gasteiger charge is 2.35. The summed E-state index contributed by atoms with van der Waals surface area (Å²) in [5, 5.41) is 10.0. The Morgan fingerprint density at radius 1 is 0.788 bits per heavy atom. The van der Waals surface area contributed by atoms with Crippen molar-refractivity contribution in [2.75, 3.05) is 6.54 Å². The molecule has 33 heavy (non-hydrogen) atoms. The second-order valence-electron chi connectivity index (χ2n) is 8.39. The Bertz CT molecular complexity index is 1140. The fourth-order valence-corrected chi connectivity index (χ4v) is 4.26. The van der Waals surface area contributed by atoms with Crippen molar-refractivity contribution in [1.82, 2.24) is 4.90 Å². The summed E-state index contributed by atoms with van der Waals surface area (Å²) in [7, 11) is 0. The molecule has 1 aliphatic heterocycles. The molecule has 0 saturated heterocycles. The zero-order valence-electron chi connectivity index (χ0n) is 18.8. The average molecular weight is 438 g/mol. The second-order valence-corrected chi connectivity index (χ2v) is 8.39. The Labute approximate surface area is 194 Å². The monoisotopic (exact) mass is 437 g/mol. The van der Waals surface area contributed by atoms with Crippen molar-refractivity contribution in [3.05, 3.63) is 131 Å². The van der Waals surface area contributed by atoms with Gasteiger partial charge >= 0.3 is 0 Å². The fraction of sp³-hybridized carbons (Fsp3) is 0.172. The van der Waals surface area contributed by atoms with Gasteiger partial charge in [0.05, 0.1) is 6.10 Å². The fourth-order valence-electron chi connectivity index (χ4n) is 4.26. The van der Waals surface area contributed by atoms with E-state index in [1.165, 1.54) is 0 Å². The van der Waals surface area contributed by atoms with Gasteiger partial charge in [-0.2, -0.15) is 0 Å². The number of allylic oxidation sites excluding steroid dienone is 2. The molecule has 1 atom stereocenters. The van der Waals surface area contributed by atoms with Crippen molar-refractivity contribution < 1.29 is 14.7 Å². The summed E-state index contributed by atoms with van der Waals surface area (Å²) in [5.74, 6) is -0.784. The van der Waals surface area contributed by atoms with Crippen LogP contribution in [0, 0.1) is 6.92 Å². The molecule has 1 heterocycles. The lowest BCUT2D eigenvalue weighted by Crippen LogP contribution is -2.31. The Balaban J connectivity index is 1.90. The number of hydrogen-bond donors (Lipinski definition) is 1. The van der Waals surface area contributed by atoms with Gasteiger partial charge in [-0.05, 0) is 25.0 Å². The summed E-state index contributed by atoms with van der Waals surface area (Å²) in [6.07, 6.45) is 2.93. The molecule has 0 saturated carbocycles. The molecule has 4 rings (SSSR count). The maximum Gasteiger partial charge on any atom is 0.191 e. The van der Waals surface area contributed by atoms with Gasteiger partial charge in [0.1, 0.15) is 0 Å². The van der Waals surface area contributed by atoms with Gasteiger partial charge in [0.2, 0.25) is 0 Å². The first kappa shape index (κ1) is 22.4. The van der Waals surface area contributed by atoms with Crippen molar-refractivity contribution in [1.29, 1.82) is 0 Å². The third-order valence-corrected chi connectivity index (χ3v) is 5.80. The summed E-state index contributed by atoms with van der Waals surface area (Å²) >= 11 is 0. The number of nitrogens with zero attached hydrogens (tertiary/aromatic N) is 1. The quantitative estimate of drug-likeness (QED) is 0.509. The molecule has 0 unspecified atom stereocenters. The number of benzene rings is 3. The molecule has 0 amide bonds. The standard InChI is InChI=1S/C29H27NO3/c1-20-11-9-10-16-24(20)27-25(28(32)22-12-5-3-6-13-22)18-30(17-21(2)31)19-26(27)29(33)23-14-7-4-8-15-23/h3-16,18-19,21,27,31H,17H2,1-2H3/t21-/m0/s1. The van der Waals surface area contributed by atoms with E-state index in [0.29, 0.717) is 22.3 Å². The maximum absolute atomic E-state index is 13.7. The zero-order valence-corrected chi connectivity index (χ0v) is 18.8. The lowest BCUT2D eigenvalue weighted by molar-refractivity contribution is 0.101. The van der Waals surface area contributed by atoms with Crippen LogP contribution in [0.1, 0.15) is 44.7 Å². The zero-order chi connectivity index (χ0) is 23.4. The third-order valence-electron chi connectivity index (χ3n) is 5.80. The minimum atomic E-state index is -0.631. The number of aliphatic hydroxyl groups excluding tert-OH is 1. The number of carbonyl (C=O) groups excluding carboxylic acids is 2. The topological polar surface area (TPSA) is 57.6 Å². The summed E-state index contributed by atoms with van der Waals surface area (Å²) in [6, 6.07) is 26.1. The van der Waals surface area contributed by atoms with Crippen molar-refractivity contribution in [3.8, 4) is 0 Å². The highest BCUT2D eigenvalue weighted by atomic mass is 16.3. The number of hydrogen-bond acceptors (Lipinski definition) is 4. The molecule has 166 valence electrons. The van der Waals surface area contributed by atoms with Crippen LogP contribution in [0.3, 0.4) is 0 Å². The van der Waals surface area contributed by atoms with Crippen molar-refractivity contribution >= 4 is 11.6 Å². The van der Waals surface area contributed by atoms with Crippen LogP contribution in [0.25, 0.3) is 0 Å². The average Bonchev–Trinajstić information content (AvgIpc) is 2.84. The SMILES string of the molecule is Cc1ccccc1C1C(C(=O)c2ccccc2)=CN(C[C@H](C)O)C=C1C(=O)c1ccccc1. The minimum Gasteiger partial charge on any atom is -0.392 e. The van der Waals surface area contributed by atoms with Crippen LogP contribution in [-0.4, -0.2) is 34.2 Å². The molecule has 0 radical (unpaired) electrons. The summed E-state index contributed by atoms with van der Waals surface area (Å²) in [5.41, 5.74) is 4.07. The number of ketones is 2. The smallest absolute Gasteiger partial charge is 0.191 e. The van der Waals surface area contributed by atoms with Crippen molar-refractivity contribution in [3.63, 3.8) is 0 Å². The molecule has 3 aromatic rings. The van der Waals surface area contributed by atoms with Crippen LogP contribution >= 0.6 is 0 Å². The van der Waals surface area contributed by atoms with Crippen LogP contribution in [0.15, 0.2) is 108 Å². The van der Waals surface area contributed by atoms with Crippen LogP contribution in [-0.2, 0) is 0 Å². The Hall–Kier alpha value is -3.76. The summed E-state index contributed by atoms with van der Waals surface area (Å²) < 4.78 is 0. The Morgan fingerprint density at radius 2 is 1.24 bits per heavy atom. The first-order valence-electron chi connectivity index (χ1n) is 11.1. The Kier molecular flexibility index (Phi) is 6.66. The van der Waals surface area contributed by atoms with E-state index < -0.39 is 12.0 Å². The molecule has 4 nitrogen and oxygen atoms in total. The molecular weight excluding hydrogens is 410 g/mol. The van der Waals surface area contributed by atoms with Gasteiger partial charge in [-0.3, -0.25) is 9.59 Å². The van der Waals surface area contributed by atoms with E-state index in [2.05, 4.69) is 0 Å². The van der Waals surface area contributed by atoms with E-state index in [0.717, 1.165) is 11.1 Å². The van der Waals surface area contributed by atoms with Gasteiger partial charge < -0.3 is 10.0 Å². The molecule has 0 fully saturated rings. The van der Waals surface area contributed by atoms with Crippen molar-refractivity contribution in [2.24, 2.45) is 0 Å². The Morgan fingerprint density at radius 3 is 1.70 bits per heavy atom. The molecule has 4 heteroatoms. The number of Topliss-reactive ketones (excluding diaryl/α,β-unsaturated/α-hetero) is 2. The van der Waals surface area contributed by atoms with E-state index in [1.807, 2.05) is 67.6 Å². The predicted octanol–water partition coefficient (Wildman–Crippen LogP) is 5.31. The van der Waals surface area contributed by atoms with Gasteiger partial charge in [-0.25, -0.2) is 0 Å². The van der Waals surface area contributed by atoms with Crippen LogP contribution in [0.2, 0.25) is 0 Å². The number of aryl methyl sites for hydroxylation is 1. The van der Waals surface area contributed by atoms with Gasteiger partial charge in [0.25, 0.3) is 0 Å². The van der Waals surface area contributed by atoms with Crippen LogP contribution in [0.5, 0.6) is 0 Å². The first-order chi connectivity index (χ1) is 16.0. The molecule has 1 N–H and O–H groups in total. The van der Waals surface area contributed by atoms with E-state index in [4.69, 9.17) is 0 Å². The van der Waals surface area contributed by atoms with Gasteiger partial charge in [0, 0.05) is 47.1 Å². The molecule has 0 bridgehead atoms. The first-order valence-corrected chi connectivity index (χ1v) is 11.1. The number of carbonyl (C=O) groups is 2. The van der Waals surface area contributed by atoms with Crippen LogP contribution < -0.4 is 0 Å². The normalized spacial score (nSPS) is 14.9. The van der Waals surface area contributed by atoms with E-state index in [9.17, 15) is 14.7 Å². The lowest BCUT2D eigenvalue weighted by Gasteiger charge is -2.32. The molecule has 0 spiro atoms. The maximum atomic E-state index is 13.7. The molecule has 0 aliphatic carbocycles. The number of rotatable bonds is 7. The molecular formula is C29H27NO3. The molecule has 3 aromatic carbocycles. The predicted molar refractivity (Wildman–Crippen MR) is 130 cm³/mol. The second kappa shape index (κ2) is 9.80. The molecule has 0 aromatic heterocycles. The number of β-amino-alcohol motifs (C(OH)–C–C–N with tert-alkyl or cyclic N) is 1. The molecule has 1 aliphatic rings. The minimum absolute atomic E-state index is 0.133. The van der Waals surface area contributed by atoms with Gasteiger partial charge in [-0.15, -0.1) is 0 Å². The van der Waals surface area contributed by atoms with E-state index >= 15 is 0 Å². The van der Waals surface area contributed by atoms with Crippen molar-refractivity contribution in [2.45, 2.75) is 25.9 Å². The summed E-state index contributed by atoms with van der Waals surface area (Å²) in [4.78, 5) is 29.2. The van der Waals surface area contributed by atoms with Gasteiger partial charge in [0.15, 0.2) is 11.6 Å². The third kappa shape index (κ3) is 4.86. The number of aliphatic hydroxyl groups is 1. The van der Waals surface area contributed by atoms with E-state index in [-0.39, 0.29) is 18.1 Å². The lowest BCUT2D eigenvalue weighted by atomic mass is 9.76. The largest absolute Gasteiger partial charge is 0.392 e. The highest BCUT2D eigenvalue weighted by Crippen LogP contribution is 2.40. The van der Waals surface area contributed by atoms with Crippen LogP contribution in [0.4, 0.5) is 0 Å². The van der Waals surface area contributed by atoms with Gasteiger partial charge in [-0.1, -0.05) is 84.9 Å². The highest BCUT2D eigenvalue weighted by molar-refractivity contribution is 6.15. The van der Waals surface area contributed by atoms with E-state index in [1.54, 1.807) is 48.5 Å². The summed E-state index contributed by atoms with van der Waals surface area (Å²) in [6.45, 7) is 3.96.